The van der Waals surface area contributed by atoms with Crippen molar-refractivity contribution in [3.8, 4) is 0 Å². The standard InChI is InChI=1S/C6H10N2O3S2/c1-8(11-2)13(9,10)6-3-5(7)4-12-6/h3-4H,7H2,1-2H3. The van der Waals surface area contributed by atoms with Crippen LogP contribution in [0.5, 0.6) is 0 Å². The molecule has 0 radical (unpaired) electrons. The van der Waals surface area contributed by atoms with E-state index in [1.165, 1.54) is 20.2 Å². The zero-order chi connectivity index (χ0) is 10.1. The van der Waals surface area contributed by atoms with Gasteiger partial charge in [-0.25, -0.2) is 8.42 Å². The third-order valence-electron chi connectivity index (χ3n) is 1.45. The first-order valence-electron chi connectivity index (χ1n) is 3.35. The Kier molecular flexibility index (Phi) is 2.91. The van der Waals surface area contributed by atoms with Crippen LogP contribution in [0.4, 0.5) is 5.69 Å². The number of nitrogens with zero attached hydrogens (tertiary/aromatic N) is 1. The minimum atomic E-state index is -3.52. The SMILES string of the molecule is CON(C)S(=O)(=O)c1cc(N)cs1. The summed E-state index contributed by atoms with van der Waals surface area (Å²) in [6, 6.07) is 1.40. The molecule has 0 aliphatic carbocycles. The van der Waals surface area contributed by atoms with Gasteiger partial charge in [-0.15, -0.1) is 11.3 Å². The van der Waals surface area contributed by atoms with Crippen LogP contribution in [0.1, 0.15) is 0 Å². The average molecular weight is 222 g/mol. The summed E-state index contributed by atoms with van der Waals surface area (Å²) in [6.07, 6.45) is 0. The zero-order valence-electron chi connectivity index (χ0n) is 7.22. The molecule has 0 saturated heterocycles. The minimum Gasteiger partial charge on any atom is -0.398 e. The molecule has 0 aromatic carbocycles. The number of rotatable bonds is 3. The van der Waals surface area contributed by atoms with Crippen molar-refractivity contribution in [2.24, 2.45) is 0 Å². The summed E-state index contributed by atoms with van der Waals surface area (Å²) in [7, 11) is -0.908. The predicted molar refractivity (Wildman–Crippen MR) is 50.7 cm³/mol. The van der Waals surface area contributed by atoms with Crippen molar-refractivity contribution in [3.63, 3.8) is 0 Å². The number of sulfonamides is 1. The average Bonchev–Trinajstić information content (AvgIpc) is 2.50. The fraction of sp³-hybridized carbons (Fsp3) is 0.333. The van der Waals surface area contributed by atoms with E-state index in [1.807, 2.05) is 0 Å². The summed E-state index contributed by atoms with van der Waals surface area (Å²) in [6.45, 7) is 0. The molecule has 0 amide bonds. The van der Waals surface area contributed by atoms with Crippen molar-refractivity contribution < 1.29 is 13.3 Å². The molecule has 0 atom stereocenters. The van der Waals surface area contributed by atoms with Gasteiger partial charge in [-0.1, -0.05) is 4.47 Å². The molecule has 0 aliphatic heterocycles. The summed E-state index contributed by atoms with van der Waals surface area (Å²) in [4.78, 5) is 4.59. The maximum Gasteiger partial charge on any atom is 0.274 e. The summed E-state index contributed by atoms with van der Waals surface area (Å²) in [5.41, 5.74) is 5.84. The summed E-state index contributed by atoms with van der Waals surface area (Å²) < 4.78 is 24.0. The number of hydroxylamine groups is 1. The van der Waals surface area contributed by atoms with Crippen molar-refractivity contribution in [2.45, 2.75) is 4.21 Å². The lowest BCUT2D eigenvalue weighted by Gasteiger charge is -2.11. The van der Waals surface area contributed by atoms with E-state index < -0.39 is 10.0 Å². The van der Waals surface area contributed by atoms with E-state index in [0.717, 1.165) is 15.8 Å². The first-order valence-corrected chi connectivity index (χ1v) is 5.67. The lowest BCUT2D eigenvalue weighted by molar-refractivity contribution is -0.0256. The van der Waals surface area contributed by atoms with Gasteiger partial charge < -0.3 is 5.73 Å². The van der Waals surface area contributed by atoms with Crippen molar-refractivity contribution in [1.29, 1.82) is 0 Å². The Morgan fingerprint density at radius 1 is 1.62 bits per heavy atom. The molecule has 0 saturated carbocycles. The van der Waals surface area contributed by atoms with E-state index in [0.29, 0.717) is 5.69 Å². The molecule has 2 N–H and O–H groups in total. The molecule has 0 aliphatic rings. The van der Waals surface area contributed by atoms with Crippen LogP contribution in [0.15, 0.2) is 15.7 Å². The van der Waals surface area contributed by atoms with Crippen LogP contribution in [0, 0.1) is 0 Å². The van der Waals surface area contributed by atoms with Gasteiger partial charge in [0.25, 0.3) is 10.0 Å². The highest BCUT2D eigenvalue weighted by Crippen LogP contribution is 2.24. The van der Waals surface area contributed by atoms with Crippen molar-refractivity contribution >= 4 is 27.0 Å². The Morgan fingerprint density at radius 3 is 2.62 bits per heavy atom. The predicted octanol–water partition coefficient (Wildman–Crippen LogP) is 0.512. The first kappa shape index (κ1) is 10.5. The van der Waals surface area contributed by atoms with Gasteiger partial charge in [-0.05, 0) is 6.07 Å². The Labute approximate surface area is 80.7 Å². The minimum absolute atomic E-state index is 0.175. The van der Waals surface area contributed by atoms with E-state index in [2.05, 4.69) is 4.84 Å². The maximum absolute atomic E-state index is 11.5. The second-order valence-electron chi connectivity index (χ2n) is 2.30. The molecule has 7 heteroatoms. The second kappa shape index (κ2) is 3.62. The Hall–Kier alpha value is -0.630. The van der Waals surface area contributed by atoms with Gasteiger partial charge in [0.2, 0.25) is 0 Å². The summed E-state index contributed by atoms with van der Waals surface area (Å²) in [5.74, 6) is 0. The number of anilines is 1. The molecule has 1 aromatic heterocycles. The normalized spacial score (nSPS) is 12.2. The maximum atomic E-state index is 11.5. The molecule has 5 nitrogen and oxygen atoms in total. The number of nitrogen functional groups attached to an aromatic ring is 1. The van der Waals surface area contributed by atoms with Gasteiger partial charge in [0.15, 0.2) is 0 Å². The quantitative estimate of drug-likeness (QED) is 0.756. The molecule has 13 heavy (non-hydrogen) atoms. The van der Waals surface area contributed by atoms with Crippen LogP contribution < -0.4 is 5.73 Å². The van der Waals surface area contributed by atoms with Gasteiger partial charge >= 0.3 is 0 Å². The van der Waals surface area contributed by atoms with Crippen LogP contribution in [0.2, 0.25) is 0 Å². The summed E-state index contributed by atoms with van der Waals surface area (Å²) in [5, 5.41) is 1.57. The van der Waals surface area contributed by atoms with Gasteiger partial charge in [0, 0.05) is 18.1 Å². The van der Waals surface area contributed by atoms with Crippen LogP contribution in [0.25, 0.3) is 0 Å². The highest BCUT2D eigenvalue weighted by molar-refractivity contribution is 7.91. The molecule has 1 heterocycles. The molecule has 0 fully saturated rings. The highest BCUT2D eigenvalue weighted by Gasteiger charge is 2.22. The van der Waals surface area contributed by atoms with E-state index in [9.17, 15) is 8.42 Å². The second-order valence-corrected chi connectivity index (χ2v) is 5.37. The van der Waals surface area contributed by atoms with E-state index in [1.54, 1.807) is 5.38 Å². The van der Waals surface area contributed by atoms with Crippen LogP contribution in [0.3, 0.4) is 0 Å². The van der Waals surface area contributed by atoms with Crippen molar-refractivity contribution in [3.05, 3.63) is 11.4 Å². The van der Waals surface area contributed by atoms with E-state index >= 15 is 0 Å². The van der Waals surface area contributed by atoms with Gasteiger partial charge in [0.1, 0.15) is 4.21 Å². The van der Waals surface area contributed by atoms with Crippen LogP contribution in [-0.2, 0) is 14.9 Å². The Bertz CT molecular complexity index is 384. The number of thiophene rings is 1. The molecule has 0 bridgehead atoms. The molecular formula is C6H10N2O3S2. The van der Waals surface area contributed by atoms with Gasteiger partial charge in [-0.3, -0.25) is 4.84 Å². The third-order valence-corrected chi connectivity index (χ3v) is 4.56. The van der Waals surface area contributed by atoms with Crippen molar-refractivity contribution in [2.75, 3.05) is 19.9 Å². The zero-order valence-corrected chi connectivity index (χ0v) is 8.85. The molecule has 0 spiro atoms. The van der Waals surface area contributed by atoms with Gasteiger partial charge in [-0.2, -0.15) is 0 Å². The Morgan fingerprint density at radius 2 is 2.23 bits per heavy atom. The van der Waals surface area contributed by atoms with Crippen LogP contribution >= 0.6 is 11.3 Å². The lowest BCUT2D eigenvalue weighted by Crippen LogP contribution is -2.24. The molecule has 1 aromatic rings. The molecule has 0 unspecified atom stereocenters. The largest absolute Gasteiger partial charge is 0.398 e. The molecule has 1 rings (SSSR count). The van der Waals surface area contributed by atoms with Crippen LogP contribution in [-0.4, -0.2) is 27.0 Å². The van der Waals surface area contributed by atoms with Gasteiger partial charge in [0.05, 0.1) is 7.11 Å². The van der Waals surface area contributed by atoms with Crippen molar-refractivity contribution in [1.82, 2.24) is 4.47 Å². The highest BCUT2D eigenvalue weighted by atomic mass is 32.2. The fourth-order valence-electron chi connectivity index (χ4n) is 0.690. The molecule has 74 valence electrons. The molecular weight excluding hydrogens is 212 g/mol. The smallest absolute Gasteiger partial charge is 0.274 e. The third kappa shape index (κ3) is 1.99. The number of nitrogens with two attached hydrogens (primary N) is 1. The number of hydrogen-bond acceptors (Lipinski definition) is 5. The van der Waals surface area contributed by atoms with E-state index in [-0.39, 0.29) is 4.21 Å². The fourth-order valence-corrected chi connectivity index (χ4v) is 2.90. The van der Waals surface area contributed by atoms with E-state index in [4.69, 9.17) is 5.73 Å². The monoisotopic (exact) mass is 222 g/mol. The Balaban J connectivity index is 3.08. The number of hydrogen-bond donors (Lipinski definition) is 1. The first-order chi connectivity index (χ1) is 5.98. The summed E-state index contributed by atoms with van der Waals surface area (Å²) >= 11 is 1.07. The lowest BCUT2D eigenvalue weighted by atomic mass is 10.6. The topological polar surface area (TPSA) is 72.6 Å².